The zero-order valence-electron chi connectivity index (χ0n) is 9.46. The number of hydrogen-bond donors (Lipinski definition) is 0. The SMILES string of the molecule is CC1(N=[N+]=[N-])c2ccccc2-c2ccccc21. The molecule has 2 aromatic rings. The molecule has 0 aliphatic heterocycles. The van der Waals surface area contributed by atoms with Gasteiger partial charge in [-0.15, -0.1) is 0 Å². The van der Waals surface area contributed by atoms with Crippen molar-refractivity contribution in [1.29, 1.82) is 0 Å². The smallest absolute Gasteiger partial charge is 0.0780 e. The predicted octanol–water partition coefficient (Wildman–Crippen LogP) is 4.24. The van der Waals surface area contributed by atoms with Crippen LogP contribution in [-0.4, -0.2) is 0 Å². The van der Waals surface area contributed by atoms with Crippen LogP contribution in [0.25, 0.3) is 21.6 Å². The molecule has 3 heteroatoms. The van der Waals surface area contributed by atoms with Gasteiger partial charge in [-0.1, -0.05) is 53.6 Å². The van der Waals surface area contributed by atoms with Gasteiger partial charge >= 0.3 is 0 Å². The van der Waals surface area contributed by atoms with Crippen LogP contribution in [0.5, 0.6) is 0 Å². The average Bonchev–Trinajstić information content (AvgIpc) is 2.62. The molecule has 0 unspecified atom stereocenters. The van der Waals surface area contributed by atoms with Crippen molar-refractivity contribution in [1.82, 2.24) is 0 Å². The molecule has 1 aliphatic carbocycles. The first-order valence-electron chi connectivity index (χ1n) is 5.53. The Morgan fingerprint density at radius 3 is 1.88 bits per heavy atom. The van der Waals surface area contributed by atoms with Crippen molar-refractivity contribution < 1.29 is 0 Å². The summed E-state index contributed by atoms with van der Waals surface area (Å²) in [6.07, 6.45) is 0. The number of fused-ring (bicyclic) bond motifs is 3. The van der Waals surface area contributed by atoms with Crippen molar-refractivity contribution in [3.05, 3.63) is 70.1 Å². The fourth-order valence-corrected chi connectivity index (χ4v) is 2.63. The van der Waals surface area contributed by atoms with E-state index in [0.717, 1.165) is 22.3 Å². The first-order valence-corrected chi connectivity index (χ1v) is 5.53. The fourth-order valence-electron chi connectivity index (χ4n) is 2.63. The maximum atomic E-state index is 8.80. The molecule has 0 spiro atoms. The van der Waals surface area contributed by atoms with Crippen LogP contribution < -0.4 is 0 Å². The summed E-state index contributed by atoms with van der Waals surface area (Å²) in [6.45, 7) is 1.97. The molecule has 1 aliphatic rings. The highest BCUT2D eigenvalue weighted by atomic mass is 15.2. The van der Waals surface area contributed by atoms with Crippen LogP contribution in [0.1, 0.15) is 18.1 Å². The highest BCUT2D eigenvalue weighted by Gasteiger charge is 2.37. The molecule has 0 heterocycles. The lowest BCUT2D eigenvalue weighted by molar-refractivity contribution is 0.615. The van der Waals surface area contributed by atoms with E-state index in [-0.39, 0.29) is 0 Å². The van der Waals surface area contributed by atoms with Crippen LogP contribution in [0.15, 0.2) is 53.6 Å². The topological polar surface area (TPSA) is 48.8 Å². The van der Waals surface area contributed by atoms with Gasteiger partial charge in [0.15, 0.2) is 0 Å². The number of rotatable bonds is 1. The molecule has 0 bridgehead atoms. The van der Waals surface area contributed by atoms with Crippen LogP contribution in [-0.2, 0) is 5.54 Å². The molecule has 0 aromatic heterocycles. The number of nitrogens with zero attached hydrogens (tertiary/aromatic N) is 3. The summed E-state index contributed by atoms with van der Waals surface area (Å²) in [5.41, 5.74) is 12.7. The number of benzene rings is 2. The molecule has 0 saturated carbocycles. The van der Waals surface area contributed by atoms with Gasteiger partial charge in [-0.2, -0.15) is 0 Å². The van der Waals surface area contributed by atoms with E-state index in [2.05, 4.69) is 22.2 Å². The lowest BCUT2D eigenvalue weighted by atomic mass is 9.91. The Balaban J connectivity index is 2.42. The summed E-state index contributed by atoms with van der Waals surface area (Å²) in [7, 11) is 0. The third kappa shape index (κ3) is 1.20. The molecular formula is C14H11N3. The summed E-state index contributed by atoms with van der Waals surface area (Å²) >= 11 is 0. The Labute approximate surface area is 99.3 Å². The molecule has 0 fully saturated rings. The zero-order valence-corrected chi connectivity index (χ0v) is 9.46. The Morgan fingerprint density at radius 1 is 0.941 bits per heavy atom. The summed E-state index contributed by atoms with van der Waals surface area (Å²) in [5.74, 6) is 0. The molecule has 82 valence electrons. The minimum Gasteiger partial charge on any atom is -0.0780 e. The minimum absolute atomic E-state index is 0.581. The highest BCUT2D eigenvalue weighted by Crippen LogP contribution is 2.49. The van der Waals surface area contributed by atoms with Crippen LogP contribution in [0.3, 0.4) is 0 Å². The van der Waals surface area contributed by atoms with Crippen LogP contribution in [0.4, 0.5) is 0 Å². The van der Waals surface area contributed by atoms with E-state index in [4.69, 9.17) is 5.53 Å². The zero-order chi connectivity index (χ0) is 11.9. The second-order valence-electron chi connectivity index (χ2n) is 4.35. The largest absolute Gasteiger partial charge is 0.0971 e. The first kappa shape index (κ1) is 9.94. The molecular weight excluding hydrogens is 210 g/mol. The maximum Gasteiger partial charge on any atom is 0.0971 e. The molecule has 0 atom stereocenters. The van der Waals surface area contributed by atoms with Crippen LogP contribution in [0.2, 0.25) is 0 Å². The van der Waals surface area contributed by atoms with Crippen molar-refractivity contribution in [3.8, 4) is 11.1 Å². The van der Waals surface area contributed by atoms with E-state index in [1.165, 1.54) is 0 Å². The van der Waals surface area contributed by atoms with E-state index in [9.17, 15) is 0 Å². The van der Waals surface area contributed by atoms with Crippen molar-refractivity contribution in [2.75, 3.05) is 0 Å². The Hall–Kier alpha value is -2.25. The van der Waals surface area contributed by atoms with Gasteiger partial charge in [0.2, 0.25) is 0 Å². The van der Waals surface area contributed by atoms with Crippen molar-refractivity contribution in [2.24, 2.45) is 5.11 Å². The van der Waals surface area contributed by atoms with Gasteiger partial charge in [-0.05, 0) is 34.7 Å². The van der Waals surface area contributed by atoms with Crippen molar-refractivity contribution in [2.45, 2.75) is 12.5 Å². The molecule has 0 saturated heterocycles. The van der Waals surface area contributed by atoms with E-state index < -0.39 is 5.54 Å². The molecule has 0 radical (unpaired) electrons. The van der Waals surface area contributed by atoms with Crippen LogP contribution in [0, 0.1) is 0 Å². The third-order valence-electron chi connectivity index (χ3n) is 3.44. The molecule has 17 heavy (non-hydrogen) atoms. The average molecular weight is 221 g/mol. The lowest BCUT2D eigenvalue weighted by Crippen LogP contribution is -2.16. The highest BCUT2D eigenvalue weighted by molar-refractivity contribution is 5.80. The number of hydrogen-bond acceptors (Lipinski definition) is 1. The second kappa shape index (κ2) is 3.37. The van der Waals surface area contributed by atoms with E-state index in [1.807, 2.05) is 43.3 Å². The van der Waals surface area contributed by atoms with Gasteiger partial charge in [-0.25, -0.2) is 0 Å². The first-order chi connectivity index (χ1) is 8.27. The minimum atomic E-state index is -0.581. The molecule has 3 rings (SSSR count). The van der Waals surface area contributed by atoms with Gasteiger partial charge in [-0.3, -0.25) is 0 Å². The Kier molecular flexibility index (Phi) is 1.97. The Bertz CT molecular complexity index is 594. The van der Waals surface area contributed by atoms with Gasteiger partial charge in [0.25, 0.3) is 0 Å². The molecule has 3 nitrogen and oxygen atoms in total. The summed E-state index contributed by atoms with van der Waals surface area (Å²) in [6, 6.07) is 16.2. The van der Waals surface area contributed by atoms with Gasteiger partial charge in [0, 0.05) is 4.91 Å². The third-order valence-corrected chi connectivity index (χ3v) is 3.44. The van der Waals surface area contributed by atoms with Crippen molar-refractivity contribution >= 4 is 0 Å². The standard InChI is InChI=1S/C14H11N3/c1-14(16-17-15)12-8-4-2-6-10(12)11-7-3-5-9-13(11)14/h2-9H,1H3. The van der Waals surface area contributed by atoms with Gasteiger partial charge < -0.3 is 0 Å². The Morgan fingerprint density at radius 2 is 1.41 bits per heavy atom. The van der Waals surface area contributed by atoms with E-state index in [1.54, 1.807) is 0 Å². The van der Waals surface area contributed by atoms with E-state index >= 15 is 0 Å². The quantitative estimate of drug-likeness (QED) is 0.393. The van der Waals surface area contributed by atoms with E-state index in [0.29, 0.717) is 0 Å². The normalized spacial score (nSPS) is 14.6. The molecule has 0 amide bonds. The lowest BCUT2D eigenvalue weighted by Gasteiger charge is -2.20. The van der Waals surface area contributed by atoms with Gasteiger partial charge in [0.1, 0.15) is 0 Å². The monoisotopic (exact) mass is 221 g/mol. The van der Waals surface area contributed by atoms with Gasteiger partial charge in [0.05, 0.1) is 5.54 Å². The number of azide groups is 1. The molecule has 2 aromatic carbocycles. The van der Waals surface area contributed by atoms with Crippen molar-refractivity contribution in [3.63, 3.8) is 0 Å². The van der Waals surface area contributed by atoms with Crippen LogP contribution >= 0.6 is 0 Å². The second-order valence-corrected chi connectivity index (χ2v) is 4.35. The molecule has 0 N–H and O–H groups in total. The predicted molar refractivity (Wildman–Crippen MR) is 67.5 cm³/mol. The summed E-state index contributed by atoms with van der Waals surface area (Å²) < 4.78 is 0. The fraction of sp³-hybridized carbons (Fsp3) is 0.143. The summed E-state index contributed by atoms with van der Waals surface area (Å²) in [4.78, 5) is 3.01. The maximum absolute atomic E-state index is 8.80. The summed E-state index contributed by atoms with van der Waals surface area (Å²) in [5, 5.41) is 4.02.